The molecule has 1 N–H and O–H groups in total. The molecule has 94 valence electrons. The monoisotopic (exact) mass is 253 g/mol. The summed E-state index contributed by atoms with van der Waals surface area (Å²) in [6.45, 7) is 0. The first-order chi connectivity index (χ1) is 9.22. The number of hydrogen-bond donors (Lipinski definition) is 1. The summed E-state index contributed by atoms with van der Waals surface area (Å²) in [6.07, 6.45) is 0. The molecule has 0 aliphatic carbocycles. The smallest absolute Gasteiger partial charge is 0.256 e. The maximum Gasteiger partial charge on any atom is 0.256 e. The summed E-state index contributed by atoms with van der Waals surface area (Å²) in [4.78, 5) is 27.4. The molecule has 0 aliphatic rings. The molecule has 0 amide bonds. The van der Waals surface area contributed by atoms with Crippen LogP contribution in [0.15, 0.2) is 52.1 Å². The van der Waals surface area contributed by atoms with E-state index in [0.29, 0.717) is 27.4 Å². The normalized spacial score (nSPS) is 10.8. The number of ether oxygens (including phenoxy) is 1. The van der Waals surface area contributed by atoms with Gasteiger partial charge in [-0.2, -0.15) is 0 Å². The Kier molecular flexibility index (Phi) is 2.56. The van der Waals surface area contributed by atoms with Crippen molar-refractivity contribution in [3.63, 3.8) is 0 Å². The van der Waals surface area contributed by atoms with Crippen LogP contribution in [0.5, 0.6) is 5.75 Å². The fourth-order valence-electron chi connectivity index (χ4n) is 2.24. The van der Waals surface area contributed by atoms with E-state index in [9.17, 15) is 9.59 Å². The molecule has 0 spiro atoms. The van der Waals surface area contributed by atoms with Crippen LogP contribution in [0.25, 0.3) is 21.7 Å². The van der Waals surface area contributed by atoms with E-state index in [1.165, 1.54) is 7.11 Å². The van der Waals surface area contributed by atoms with Crippen molar-refractivity contribution >= 4 is 21.7 Å². The number of methoxy groups -OCH3 is 1. The number of benzene rings is 2. The molecule has 1 aromatic heterocycles. The van der Waals surface area contributed by atoms with Gasteiger partial charge in [0.05, 0.1) is 23.4 Å². The van der Waals surface area contributed by atoms with E-state index in [0.717, 1.165) is 0 Å². The Labute approximate surface area is 108 Å². The molecule has 1 heterocycles. The van der Waals surface area contributed by atoms with Crippen molar-refractivity contribution < 1.29 is 4.74 Å². The van der Waals surface area contributed by atoms with E-state index in [2.05, 4.69) is 4.98 Å². The first-order valence-corrected chi connectivity index (χ1v) is 5.84. The fourth-order valence-corrected chi connectivity index (χ4v) is 2.24. The minimum Gasteiger partial charge on any atom is -0.496 e. The highest BCUT2D eigenvalue weighted by molar-refractivity contribution is 5.93. The van der Waals surface area contributed by atoms with Gasteiger partial charge in [0.25, 0.3) is 5.56 Å². The largest absolute Gasteiger partial charge is 0.496 e. The molecule has 0 atom stereocenters. The average molecular weight is 253 g/mol. The van der Waals surface area contributed by atoms with Gasteiger partial charge in [0.15, 0.2) is 5.43 Å². The molecule has 0 aliphatic heterocycles. The summed E-state index contributed by atoms with van der Waals surface area (Å²) in [5, 5.41) is 1.16. The summed E-state index contributed by atoms with van der Waals surface area (Å²) in [5.74, 6) is 0.458. The predicted octanol–water partition coefficient (Wildman–Crippen LogP) is 2.05. The van der Waals surface area contributed by atoms with Gasteiger partial charge in [-0.25, -0.2) is 0 Å². The Morgan fingerprint density at radius 1 is 0.947 bits per heavy atom. The SMILES string of the molecule is COc1cccc2[nH]c(=O)c3ccccc3c(=O)c12. The van der Waals surface area contributed by atoms with Crippen molar-refractivity contribution in [2.75, 3.05) is 7.11 Å². The van der Waals surface area contributed by atoms with E-state index in [-0.39, 0.29) is 11.0 Å². The summed E-state index contributed by atoms with van der Waals surface area (Å²) >= 11 is 0. The molecule has 0 unspecified atom stereocenters. The van der Waals surface area contributed by atoms with E-state index in [4.69, 9.17) is 4.74 Å². The second kappa shape index (κ2) is 4.24. The lowest BCUT2D eigenvalue weighted by Gasteiger charge is -2.00. The molecule has 3 rings (SSSR count). The van der Waals surface area contributed by atoms with Crippen molar-refractivity contribution in [2.45, 2.75) is 0 Å². The van der Waals surface area contributed by atoms with Crippen molar-refractivity contribution in [3.8, 4) is 5.75 Å². The van der Waals surface area contributed by atoms with Crippen LogP contribution in [0.4, 0.5) is 0 Å². The quantitative estimate of drug-likeness (QED) is 0.722. The zero-order valence-electron chi connectivity index (χ0n) is 10.3. The van der Waals surface area contributed by atoms with Crippen molar-refractivity contribution in [1.82, 2.24) is 4.98 Å². The summed E-state index contributed by atoms with van der Waals surface area (Å²) in [6, 6.07) is 11.9. The van der Waals surface area contributed by atoms with Crippen LogP contribution in [-0.2, 0) is 0 Å². The van der Waals surface area contributed by atoms with Crippen molar-refractivity contribution in [2.24, 2.45) is 0 Å². The lowest BCUT2D eigenvalue weighted by Crippen LogP contribution is -2.03. The number of aromatic nitrogens is 1. The first kappa shape index (κ1) is 11.5. The van der Waals surface area contributed by atoms with Gasteiger partial charge in [-0.05, 0) is 18.2 Å². The second-order valence-electron chi connectivity index (χ2n) is 4.21. The highest BCUT2D eigenvalue weighted by atomic mass is 16.5. The Morgan fingerprint density at radius 3 is 2.42 bits per heavy atom. The van der Waals surface area contributed by atoms with Crippen LogP contribution in [0.3, 0.4) is 0 Å². The van der Waals surface area contributed by atoms with Crippen LogP contribution in [-0.4, -0.2) is 12.1 Å². The number of hydrogen-bond acceptors (Lipinski definition) is 3. The Hall–Kier alpha value is -2.62. The topological polar surface area (TPSA) is 59.2 Å². The molecule has 2 aromatic carbocycles. The van der Waals surface area contributed by atoms with Crippen LogP contribution >= 0.6 is 0 Å². The molecular weight excluding hydrogens is 242 g/mol. The Morgan fingerprint density at radius 2 is 1.68 bits per heavy atom. The van der Waals surface area contributed by atoms with E-state index < -0.39 is 0 Å². The molecular formula is C15H11NO3. The minimum absolute atomic E-state index is 0.207. The van der Waals surface area contributed by atoms with Crippen LogP contribution < -0.4 is 15.7 Å². The Bertz CT molecular complexity index is 897. The zero-order valence-corrected chi connectivity index (χ0v) is 10.3. The number of aromatic amines is 1. The molecule has 3 aromatic rings. The minimum atomic E-state index is -0.282. The zero-order chi connectivity index (χ0) is 13.4. The molecule has 0 radical (unpaired) electrons. The molecule has 4 heteroatoms. The third-order valence-electron chi connectivity index (χ3n) is 3.14. The number of H-pyrrole nitrogens is 1. The average Bonchev–Trinajstić information content (AvgIpc) is 2.56. The van der Waals surface area contributed by atoms with Gasteiger partial charge < -0.3 is 9.72 Å². The van der Waals surface area contributed by atoms with Crippen LogP contribution in [0.1, 0.15) is 0 Å². The van der Waals surface area contributed by atoms with Crippen molar-refractivity contribution in [1.29, 1.82) is 0 Å². The first-order valence-electron chi connectivity index (χ1n) is 5.84. The Balaban J connectivity index is 2.74. The maximum absolute atomic E-state index is 12.6. The van der Waals surface area contributed by atoms with Gasteiger partial charge in [0.2, 0.25) is 0 Å². The van der Waals surface area contributed by atoms with Gasteiger partial charge in [-0.3, -0.25) is 9.59 Å². The standard InChI is InChI=1S/C15H11NO3/c1-19-12-8-4-7-11-13(12)14(17)9-5-2-3-6-10(9)15(18)16-11/h2-8H,1H3,(H,16,18). The summed E-state index contributed by atoms with van der Waals surface area (Å²) in [7, 11) is 1.50. The highest BCUT2D eigenvalue weighted by Crippen LogP contribution is 2.20. The van der Waals surface area contributed by atoms with Gasteiger partial charge in [0, 0.05) is 5.39 Å². The fraction of sp³-hybridized carbons (Fsp3) is 0.0667. The molecule has 0 saturated carbocycles. The molecule has 0 fully saturated rings. The van der Waals surface area contributed by atoms with E-state index >= 15 is 0 Å². The summed E-state index contributed by atoms with van der Waals surface area (Å²) < 4.78 is 5.22. The molecule has 4 nitrogen and oxygen atoms in total. The van der Waals surface area contributed by atoms with Crippen molar-refractivity contribution in [3.05, 3.63) is 63.0 Å². The third-order valence-corrected chi connectivity index (χ3v) is 3.14. The summed E-state index contributed by atoms with van der Waals surface area (Å²) in [5.41, 5.74) is -0.0112. The predicted molar refractivity (Wildman–Crippen MR) is 74.9 cm³/mol. The number of nitrogens with one attached hydrogen (secondary N) is 1. The van der Waals surface area contributed by atoms with Gasteiger partial charge in [0.1, 0.15) is 5.75 Å². The number of fused-ring (bicyclic) bond motifs is 2. The van der Waals surface area contributed by atoms with Crippen LogP contribution in [0, 0.1) is 0 Å². The lowest BCUT2D eigenvalue weighted by atomic mass is 10.1. The second-order valence-corrected chi connectivity index (χ2v) is 4.21. The lowest BCUT2D eigenvalue weighted by molar-refractivity contribution is 0.419. The third kappa shape index (κ3) is 1.69. The van der Waals surface area contributed by atoms with Crippen LogP contribution in [0.2, 0.25) is 0 Å². The maximum atomic E-state index is 12.6. The van der Waals surface area contributed by atoms with E-state index in [1.807, 2.05) is 0 Å². The number of rotatable bonds is 1. The molecule has 19 heavy (non-hydrogen) atoms. The molecule has 0 bridgehead atoms. The highest BCUT2D eigenvalue weighted by Gasteiger charge is 2.09. The van der Waals surface area contributed by atoms with Gasteiger partial charge in [-0.1, -0.05) is 24.3 Å². The van der Waals surface area contributed by atoms with E-state index in [1.54, 1.807) is 42.5 Å². The molecule has 0 saturated heterocycles. The van der Waals surface area contributed by atoms with Gasteiger partial charge >= 0.3 is 0 Å². The van der Waals surface area contributed by atoms with Gasteiger partial charge in [-0.15, -0.1) is 0 Å².